The average molecular weight is 374 g/mol. The molecule has 24 heavy (non-hydrogen) atoms. The summed E-state index contributed by atoms with van der Waals surface area (Å²) in [5, 5.41) is 2.47. The van der Waals surface area contributed by atoms with Crippen molar-refractivity contribution in [3.05, 3.63) is 59.1 Å². The second kappa shape index (κ2) is 7.94. The van der Waals surface area contributed by atoms with E-state index in [2.05, 4.69) is 5.32 Å². The van der Waals surface area contributed by atoms with Gasteiger partial charge in [0.1, 0.15) is 0 Å². The van der Waals surface area contributed by atoms with Crippen molar-refractivity contribution in [2.45, 2.75) is 29.7 Å². The fourth-order valence-electron chi connectivity index (χ4n) is 2.05. The van der Waals surface area contributed by atoms with Gasteiger partial charge in [0.2, 0.25) is 5.91 Å². The number of carbonyl (C=O) groups excluding carboxylic acids is 1. The Labute approximate surface area is 147 Å². The molecular formula is C17H15ClF3NOS. The van der Waals surface area contributed by atoms with Crippen molar-refractivity contribution in [2.24, 2.45) is 0 Å². The van der Waals surface area contributed by atoms with Crippen LogP contribution >= 0.6 is 23.4 Å². The smallest absolute Gasteiger partial charge is 0.325 e. The van der Waals surface area contributed by atoms with Crippen molar-refractivity contribution >= 4 is 35.0 Å². The van der Waals surface area contributed by atoms with Gasteiger partial charge in [0.15, 0.2) is 0 Å². The van der Waals surface area contributed by atoms with E-state index >= 15 is 0 Å². The molecule has 0 saturated carbocycles. The van der Waals surface area contributed by atoms with Gasteiger partial charge in [-0.25, -0.2) is 0 Å². The number of rotatable bonds is 5. The van der Waals surface area contributed by atoms with Crippen molar-refractivity contribution in [3.63, 3.8) is 0 Å². The zero-order chi connectivity index (χ0) is 17.7. The monoisotopic (exact) mass is 373 g/mol. The molecule has 1 amide bonds. The predicted molar refractivity (Wildman–Crippen MR) is 91.5 cm³/mol. The predicted octanol–water partition coefficient (Wildman–Crippen LogP) is 5.87. The van der Waals surface area contributed by atoms with Gasteiger partial charge in [-0.2, -0.15) is 13.2 Å². The molecule has 0 saturated heterocycles. The van der Waals surface area contributed by atoms with E-state index < -0.39 is 22.9 Å². The van der Waals surface area contributed by atoms with Crippen molar-refractivity contribution in [1.82, 2.24) is 0 Å². The molecule has 128 valence electrons. The summed E-state index contributed by atoms with van der Waals surface area (Å²) in [6.45, 7) is 1.81. The maximum Gasteiger partial charge on any atom is 0.418 e. The highest BCUT2D eigenvalue weighted by Gasteiger charge is 2.34. The molecule has 0 bridgehead atoms. The maximum atomic E-state index is 13.0. The molecule has 1 N–H and O–H groups in total. The summed E-state index contributed by atoms with van der Waals surface area (Å²) >= 11 is 7.10. The third-order valence-electron chi connectivity index (χ3n) is 3.25. The largest absolute Gasteiger partial charge is 0.418 e. The number of alkyl halides is 3. The molecule has 0 aliphatic rings. The maximum absolute atomic E-state index is 13.0. The van der Waals surface area contributed by atoms with Crippen molar-refractivity contribution < 1.29 is 18.0 Å². The molecule has 0 spiro atoms. The first-order valence-corrected chi connectivity index (χ1v) is 8.46. The summed E-state index contributed by atoms with van der Waals surface area (Å²) in [4.78, 5) is 13.2. The van der Waals surface area contributed by atoms with Crippen molar-refractivity contribution in [2.75, 3.05) is 5.32 Å². The van der Waals surface area contributed by atoms with E-state index in [4.69, 9.17) is 11.6 Å². The Morgan fingerprint density at radius 3 is 2.38 bits per heavy atom. The van der Waals surface area contributed by atoms with Gasteiger partial charge in [0.25, 0.3) is 0 Å². The molecule has 2 nitrogen and oxygen atoms in total. The minimum atomic E-state index is -4.52. The number of hydrogen-bond donors (Lipinski definition) is 1. The zero-order valence-electron chi connectivity index (χ0n) is 12.7. The van der Waals surface area contributed by atoms with E-state index in [0.717, 1.165) is 11.0 Å². The van der Waals surface area contributed by atoms with E-state index in [1.165, 1.54) is 30.0 Å². The minimum absolute atomic E-state index is 0.231. The first kappa shape index (κ1) is 18.7. The standard InChI is InChI=1S/C17H15ClF3NOS/c1-2-15(24-12-9-7-11(18)8-10-12)16(23)22-14-6-4-3-5-13(14)17(19,20)21/h3-10,15H,2H2,1H3,(H,22,23). The van der Waals surface area contributed by atoms with E-state index in [0.29, 0.717) is 11.4 Å². The fraction of sp³-hybridized carbons (Fsp3) is 0.235. The van der Waals surface area contributed by atoms with E-state index in [9.17, 15) is 18.0 Å². The quantitative estimate of drug-likeness (QED) is 0.664. The molecule has 0 aliphatic heterocycles. The summed E-state index contributed by atoms with van der Waals surface area (Å²) < 4.78 is 39.0. The second-order valence-electron chi connectivity index (χ2n) is 5.00. The molecule has 1 unspecified atom stereocenters. The molecule has 0 fully saturated rings. The Kier molecular flexibility index (Phi) is 6.18. The third-order valence-corrected chi connectivity index (χ3v) is 4.87. The Hall–Kier alpha value is -1.66. The number of thioether (sulfide) groups is 1. The van der Waals surface area contributed by atoms with Crippen LogP contribution < -0.4 is 5.32 Å². The van der Waals surface area contributed by atoms with Crippen molar-refractivity contribution in [1.29, 1.82) is 0 Å². The topological polar surface area (TPSA) is 29.1 Å². The first-order chi connectivity index (χ1) is 11.3. The molecule has 7 heteroatoms. The molecule has 0 heterocycles. The number of anilines is 1. The SMILES string of the molecule is CCC(Sc1ccc(Cl)cc1)C(=O)Nc1ccccc1C(F)(F)F. The van der Waals surface area contributed by atoms with Gasteiger partial charge >= 0.3 is 6.18 Å². The normalized spacial score (nSPS) is 12.7. The van der Waals surface area contributed by atoms with Crippen LogP contribution in [0.3, 0.4) is 0 Å². The highest BCUT2D eigenvalue weighted by atomic mass is 35.5. The Morgan fingerprint density at radius 1 is 1.17 bits per heavy atom. The summed E-state index contributed by atoms with van der Waals surface area (Å²) in [5.74, 6) is -0.464. The van der Waals surface area contributed by atoms with E-state index in [-0.39, 0.29) is 5.69 Å². The zero-order valence-corrected chi connectivity index (χ0v) is 14.3. The lowest BCUT2D eigenvalue weighted by Crippen LogP contribution is -2.26. The van der Waals surface area contributed by atoms with Gasteiger partial charge in [-0.15, -0.1) is 11.8 Å². The van der Waals surface area contributed by atoms with Crippen LogP contribution in [0.1, 0.15) is 18.9 Å². The highest BCUT2D eigenvalue weighted by molar-refractivity contribution is 8.00. The highest BCUT2D eigenvalue weighted by Crippen LogP contribution is 2.35. The molecule has 1 atom stereocenters. The Balaban J connectivity index is 2.14. The fourth-order valence-corrected chi connectivity index (χ4v) is 3.13. The number of benzene rings is 2. The number of amides is 1. The molecule has 2 aromatic rings. The average Bonchev–Trinajstić information content (AvgIpc) is 2.53. The summed E-state index contributed by atoms with van der Waals surface area (Å²) in [5.41, 5.74) is -1.09. The Morgan fingerprint density at radius 2 is 1.79 bits per heavy atom. The van der Waals surface area contributed by atoms with Crippen LogP contribution in [0.5, 0.6) is 0 Å². The van der Waals surface area contributed by atoms with Crippen LogP contribution in [0, 0.1) is 0 Å². The van der Waals surface area contributed by atoms with Crippen LogP contribution in [-0.2, 0) is 11.0 Å². The summed E-state index contributed by atoms with van der Waals surface area (Å²) in [6, 6.07) is 11.9. The van der Waals surface area contributed by atoms with Crippen molar-refractivity contribution in [3.8, 4) is 0 Å². The van der Waals surface area contributed by atoms with Gasteiger partial charge in [-0.1, -0.05) is 30.7 Å². The van der Waals surface area contributed by atoms with Crippen LogP contribution in [0.15, 0.2) is 53.4 Å². The summed E-state index contributed by atoms with van der Waals surface area (Å²) in [6.07, 6.45) is -4.04. The number of para-hydroxylation sites is 1. The lowest BCUT2D eigenvalue weighted by atomic mass is 10.1. The van der Waals surface area contributed by atoms with Gasteiger partial charge in [0.05, 0.1) is 16.5 Å². The van der Waals surface area contributed by atoms with Gasteiger partial charge in [-0.3, -0.25) is 4.79 Å². The van der Waals surface area contributed by atoms with Crippen LogP contribution in [0.2, 0.25) is 5.02 Å². The number of nitrogens with one attached hydrogen (secondary N) is 1. The van der Waals surface area contributed by atoms with Crippen LogP contribution in [-0.4, -0.2) is 11.2 Å². The number of hydrogen-bond acceptors (Lipinski definition) is 2. The second-order valence-corrected chi connectivity index (χ2v) is 6.71. The van der Waals surface area contributed by atoms with E-state index in [1.54, 1.807) is 24.3 Å². The van der Waals surface area contributed by atoms with Gasteiger partial charge < -0.3 is 5.32 Å². The molecule has 0 aromatic heterocycles. The van der Waals surface area contributed by atoms with E-state index in [1.807, 2.05) is 6.92 Å². The van der Waals surface area contributed by atoms with Gasteiger partial charge in [0, 0.05) is 9.92 Å². The lowest BCUT2D eigenvalue weighted by molar-refractivity contribution is -0.137. The van der Waals surface area contributed by atoms with Gasteiger partial charge in [-0.05, 0) is 42.8 Å². The van der Waals surface area contributed by atoms with Crippen LogP contribution in [0.4, 0.5) is 18.9 Å². The first-order valence-electron chi connectivity index (χ1n) is 7.20. The minimum Gasteiger partial charge on any atom is -0.325 e. The molecule has 2 rings (SSSR count). The van der Waals surface area contributed by atoms with Crippen LogP contribution in [0.25, 0.3) is 0 Å². The number of halogens is 4. The Bertz CT molecular complexity index is 704. The lowest BCUT2D eigenvalue weighted by Gasteiger charge is -2.17. The molecule has 2 aromatic carbocycles. The molecule has 0 radical (unpaired) electrons. The third kappa shape index (κ3) is 4.92. The summed E-state index contributed by atoms with van der Waals surface area (Å²) in [7, 11) is 0. The number of carbonyl (C=O) groups is 1. The molecule has 0 aliphatic carbocycles. The molecular weight excluding hydrogens is 359 g/mol.